The first-order valence-electron chi connectivity index (χ1n) is 5.82. The predicted octanol–water partition coefficient (Wildman–Crippen LogP) is 3.91. The fourth-order valence-electron chi connectivity index (χ4n) is 1.81. The third kappa shape index (κ3) is 3.91. The van der Waals surface area contributed by atoms with Crippen LogP contribution in [0, 0.1) is 11.6 Å². The van der Waals surface area contributed by atoms with E-state index >= 15 is 0 Å². The van der Waals surface area contributed by atoms with E-state index < -0.39 is 29.8 Å². The van der Waals surface area contributed by atoms with Crippen molar-refractivity contribution in [1.82, 2.24) is 0 Å². The van der Waals surface area contributed by atoms with E-state index in [2.05, 4.69) is 4.74 Å². The van der Waals surface area contributed by atoms with Crippen LogP contribution in [0.15, 0.2) is 42.5 Å². The fourth-order valence-corrected chi connectivity index (χ4v) is 1.81. The molecule has 0 fully saturated rings. The van der Waals surface area contributed by atoms with Gasteiger partial charge in [0, 0.05) is 0 Å². The van der Waals surface area contributed by atoms with Crippen LogP contribution in [-0.4, -0.2) is 6.36 Å². The summed E-state index contributed by atoms with van der Waals surface area (Å²) in [6, 6.07) is 7.34. The molecule has 0 radical (unpaired) electrons. The summed E-state index contributed by atoms with van der Waals surface area (Å²) in [5.74, 6) is -2.66. The van der Waals surface area contributed by atoms with Gasteiger partial charge in [-0.25, -0.2) is 8.78 Å². The number of alkyl halides is 3. The molecule has 0 saturated carbocycles. The van der Waals surface area contributed by atoms with Crippen LogP contribution in [0.1, 0.15) is 17.2 Å². The highest BCUT2D eigenvalue weighted by Gasteiger charge is 2.32. The third-order valence-electron chi connectivity index (χ3n) is 2.75. The summed E-state index contributed by atoms with van der Waals surface area (Å²) in [5.41, 5.74) is 6.41. The molecule has 0 spiro atoms. The van der Waals surface area contributed by atoms with Crippen LogP contribution < -0.4 is 10.5 Å². The lowest BCUT2D eigenvalue weighted by atomic mass is 9.99. The summed E-state index contributed by atoms with van der Waals surface area (Å²) in [7, 11) is 0. The lowest BCUT2D eigenvalue weighted by Crippen LogP contribution is -2.18. The van der Waals surface area contributed by atoms with Crippen LogP contribution in [0.5, 0.6) is 5.75 Å². The van der Waals surface area contributed by atoms with Crippen molar-refractivity contribution in [3.05, 3.63) is 65.2 Å². The smallest absolute Gasteiger partial charge is 0.403 e. The van der Waals surface area contributed by atoms with Crippen LogP contribution in [0.3, 0.4) is 0 Å². The van der Waals surface area contributed by atoms with Crippen LogP contribution in [-0.2, 0) is 0 Å². The van der Waals surface area contributed by atoms with E-state index in [0.29, 0.717) is 5.56 Å². The van der Waals surface area contributed by atoms with Gasteiger partial charge in [0.25, 0.3) is 0 Å². The lowest BCUT2D eigenvalue weighted by Gasteiger charge is -2.15. The average molecular weight is 303 g/mol. The molecule has 0 aromatic heterocycles. The van der Waals surface area contributed by atoms with Crippen LogP contribution in [0.2, 0.25) is 0 Å². The lowest BCUT2D eigenvalue weighted by molar-refractivity contribution is -0.275. The molecule has 2 aromatic carbocycles. The fraction of sp³-hybridized carbons (Fsp3) is 0.143. The Bertz CT molecular complexity index is 642. The molecule has 1 atom stereocenters. The van der Waals surface area contributed by atoms with Gasteiger partial charge in [0.05, 0.1) is 6.04 Å². The zero-order chi connectivity index (χ0) is 15.6. The molecule has 7 heteroatoms. The first kappa shape index (κ1) is 15.2. The Labute approximate surface area is 116 Å². The molecular formula is C14H10F5NO. The van der Waals surface area contributed by atoms with Crippen molar-refractivity contribution in [3.63, 3.8) is 0 Å². The van der Waals surface area contributed by atoms with E-state index in [1.165, 1.54) is 30.3 Å². The summed E-state index contributed by atoms with van der Waals surface area (Å²) in [6.45, 7) is 0. The molecule has 0 aliphatic rings. The Morgan fingerprint density at radius 1 is 0.952 bits per heavy atom. The summed E-state index contributed by atoms with van der Waals surface area (Å²) in [4.78, 5) is 0. The van der Waals surface area contributed by atoms with Crippen LogP contribution in [0.25, 0.3) is 0 Å². The Kier molecular flexibility index (Phi) is 4.13. The normalized spacial score (nSPS) is 13.0. The van der Waals surface area contributed by atoms with Gasteiger partial charge >= 0.3 is 6.36 Å². The average Bonchev–Trinajstić information content (AvgIpc) is 2.39. The quantitative estimate of drug-likeness (QED) is 0.873. The molecule has 112 valence electrons. The number of halogens is 5. The Hall–Kier alpha value is -2.15. The van der Waals surface area contributed by atoms with E-state index in [4.69, 9.17) is 5.73 Å². The molecule has 2 nitrogen and oxygen atoms in total. The molecule has 0 heterocycles. The second kappa shape index (κ2) is 5.69. The second-order valence-electron chi connectivity index (χ2n) is 4.27. The highest BCUT2D eigenvalue weighted by molar-refractivity contribution is 5.36. The number of benzene rings is 2. The minimum Gasteiger partial charge on any atom is -0.403 e. The molecule has 2 rings (SSSR count). The maximum absolute atomic E-state index is 13.6. The monoisotopic (exact) mass is 303 g/mol. The van der Waals surface area contributed by atoms with Gasteiger partial charge in [0.2, 0.25) is 0 Å². The van der Waals surface area contributed by atoms with Crippen molar-refractivity contribution in [2.45, 2.75) is 12.4 Å². The van der Waals surface area contributed by atoms with Gasteiger partial charge in [-0.05, 0) is 35.4 Å². The van der Waals surface area contributed by atoms with Gasteiger partial charge < -0.3 is 10.5 Å². The molecule has 2 aromatic rings. The molecule has 2 N–H and O–H groups in total. The highest BCUT2D eigenvalue weighted by Crippen LogP contribution is 2.29. The molecule has 21 heavy (non-hydrogen) atoms. The first-order chi connectivity index (χ1) is 9.76. The largest absolute Gasteiger partial charge is 0.573 e. The molecular weight excluding hydrogens is 293 g/mol. The van der Waals surface area contributed by atoms with Crippen LogP contribution in [0.4, 0.5) is 22.0 Å². The molecule has 0 unspecified atom stereocenters. The summed E-state index contributed by atoms with van der Waals surface area (Å²) >= 11 is 0. The maximum Gasteiger partial charge on any atom is 0.573 e. The molecule has 0 aliphatic carbocycles. The minimum absolute atomic E-state index is 0.202. The predicted molar refractivity (Wildman–Crippen MR) is 65.5 cm³/mol. The van der Waals surface area contributed by atoms with Gasteiger partial charge in [-0.2, -0.15) is 0 Å². The molecule has 0 bridgehead atoms. The minimum atomic E-state index is -4.98. The summed E-state index contributed by atoms with van der Waals surface area (Å²) in [6.07, 6.45) is -4.98. The van der Waals surface area contributed by atoms with E-state index in [9.17, 15) is 22.0 Å². The molecule has 0 amide bonds. The van der Waals surface area contributed by atoms with Crippen molar-refractivity contribution in [2.75, 3.05) is 0 Å². The zero-order valence-corrected chi connectivity index (χ0v) is 10.5. The van der Waals surface area contributed by atoms with Gasteiger partial charge in [0.1, 0.15) is 5.82 Å². The first-order valence-corrected chi connectivity index (χ1v) is 5.82. The number of nitrogens with two attached hydrogens (primary N) is 1. The number of hydrogen-bond donors (Lipinski definition) is 1. The van der Waals surface area contributed by atoms with Crippen molar-refractivity contribution in [1.29, 1.82) is 0 Å². The van der Waals surface area contributed by atoms with Gasteiger partial charge in [-0.15, -0.1) is 13.2 Å². The van der Waals surface area contributed by atoms with Crippen molar-refractivity contribution >= 4 is 0 Å². The highest BCUT2D eigenvalue weighted by atomic mass is 19.4. The van der Waals surface area contributed by atoms with Crippen molar-refractivity contribution < 1.29 is 26.7 Å². The van der Waals surface area contributed by atoms with Gasteiger partial charge in [-0.1, -0.05) is 18.2 Å². The Morgan fingerprint density at radius 2 is 1.62 bits per heavy atom. The standard InChI is InChI=1S/C14H10F5NO/c15-10-3-1-2-8(6-10)13(20)9-4-5-12(11(16)7-9)21-14(17,18)19/h1-7,13H,20H2/t13-/m0/s1. The maximum atomic E-state index is 13.6. The topological polar surface area (TPSA) is 35.2 Å². The van der Waals surface area contributed by atoms with E-state index in [1.807, 2.05) is 0 Å². The van der Waals surface area contributed by atoms with Gasteiger partial charge in [0.15, 0.2) is 11.6 Å². The van der Waals surface area contributed by atoms with Crippen molar-refractivity contribution in [2.24, 2.45) is 5.73 Å². The zero-order valence-electron chi connectivity index (χ0n) is 10.5. The Morgan fingerprint density at radius 3 is 2.19 bits per heavy atom. The van der Waals surface area contributed by atoms with E-state index in [0.717, 1.165) is 12.1 Å². The SMILES string of the molecule is N[C@@H](c1cccc(F)c1)c1ccc(OC(F)(F)F)c(F)c1. The van der Waals surface area contributed by atoms with Gasteiger partial charge in [-0.3, -0.25) is 0 Å². The molecule has 0 aliphatic heterocycles. The Balaban J connectivity index is 2.27. The van der Waals surface area contributed by atoms with E-state index in [1.54, 1.807) is 0 Å². The number of rotatable bonds is 3. The van der Waals surface area contributed by atoms with Crippen LogP contribution >= 0.6 is 0 Å². The molecule has 0 saturated heterocycles. The summed E-state index contributed by atoms with van der Waals surface area (Å²) in [5, 5.41) is 0. The van der Waals surface area contributed by atoms with E-state index in [-0.39, 0.29) is 5.56 Å². The number of hydrogen-bond acceptors (Lipinski definition) is 2. The van der Waals surface area contributed by atoms with Crippen molar-refractivity contribution in [3.8, 4) is 5.75 Å². The number of ether oxygens (including phenoxy) is 1. The second-order valence-corrected chi connectivity index (χ2v) is 4.27. The third-order valence-corrected chi connectivity index (χ3v) is 2.75. The summed E-state index contributed by atoms with van der Waals surface area (Å²) < 4.78 is 66.3.